The molecule has 4 heteroatoms. The van der Waals surface area contributed by atoms with Gasteiger partial charge in [0.2, 0.25) is 0 Å². The molecule has 4 rings (SSSR count). The number of benzene rings is 2. The number of carbonyl (C=O) groups excluding carboxylic acids is 1. The number of hydrogen-bond donors (Lipinski definition) is 1. The van der Waals surface area contributed by atoms with E-state index in [0.29, 0.717) is 5.92 Å². The van der Waals surface area contributed by atoms with Crippen molar-refractivity contribution in [2.75, 3.05) is 0 Å². The molecule has 1 heterocycles. The second kappa shape index (κ2) is 17.3. The van der Waals surface area contributed by atoms with Crippen LogP contribution >= 0.6 is 0 Å². The molecule has 0 saturated heterocycles. The van der Waals surface area contributed by atoms with Crippen molar-refractivity contribution in [3.05, 3.63) is 77.1 Å². The molecule has 237 valence electrons. The Hall–Kier alpha value is -2.29. The molecule has 1 radical (unpaired) electrons. The van der Waals surface area contributed by atoms with Crippen LogP contribution in [0, 0.1) is 30.2 Å². The molecule has 2 aromatic carbocycles. The zero-order chi connectivity index (χ0) is 30.9. The Morgan fingerprint density at radius 3 is 2.26 bits per heavy atom. The third-order valence-electron chi connectivity index (χ3n) is 9.40. The molecule has 3 aromatic rings. The number of aliphatic hydroxyl groups excluding tert-OH is 1. The predicted molar refractivity (Wildman–Crippen MR) is 179 cm³/mol. The zero-order valence-corrected chi connectivity index (χ0v) is 30.2. The van der Waals surface area contributed by atoms with E-state index in [1.807, 2.05) is 34.6 Å². The summed E-state index contributed by atoms with van der Waals surface area (Å²) in [7, 11) is 0. The average Bonchev–Trinajstić information content (AvgIpc) is 3.52. The first-order valence-corrected chi connectivity index (χ1v) is 16.4. The van der Waals surface area contributed by atoms with E-state index in [0.717, 1.165) is 54.8 Å². The first kappa shape index (κ1) is 36.9. The Kier molecular flexibility index (Phi) is 14.8. The minimum Gasteiger partial charge on any atom is -0.512 e. The second-order valence-corrected chi connectivity index (χ2v) is 13.0. The third-order valence-corrected chi connectivity index (χ3v) is 9.40. The largest absolute Gasteiger partial charge is 0.512 e. The van der Waals surface area contributed by atoms with Gasteiger partial charge in [0, 0.05) is 42.9 Å². The normalized spacial score (nSPS) is 14.1. The van der Waals surface area contributed by atoms with E-state index in [4.69, 9.17) is 4.98 Å². The summed E-state index contributed by atoms with van der Waals surface area (Å²) in [6.45, 7) is 16.8. The van der Waals surface area contributed by atoms with Crippen molar-refractivity contribution in [3.63, 3.8) is 0 Å². The zero-order valence-electron chi connectivity index (χ0n) is 27.9. The molecular formula is C39H54IrNO2-. The fourth-order valence-corrected chi connectivity index (χ4v) is 6.10. The van der Waals surface area contributed by atoms with Crippen LogP contribution < -0.4 is 0 Å². The number of carbonyl (C=O) groups is 1. The molecule has 1 aliphatic carbocycles. The van der Waals surface area contributed by atoms with Crippen LogP contribution in [0.15, 0.2) is 54.3 Å². The molecule has 3 nitrogen and oxygen atoms in total. The second-order valence-electron chi connectivity index (χ2n) is 13.0. The number of para-hydroxylation sites is 1. The molecule has 1 aliphatic rings. The summed E-state index contributed by atoms with van der Waals surface area (Å²) < 4.78 is 0. The molecule has 1 saturated carbocycles. The Morgan fingerprint density at radius 1 is 1.05 bits per heavy atom. The summed E-state index contributed by atoms with van der Waals surface area (Å²) in [6.07, 6.45) is 11.3. The number of aliphatic hydroxyl groups is 1. The molecule has 1 aromatic heterocycles. The number of allylic oxidation sites excluding steroid dienone is 2. The van der Waals surface area contributed by atoms with E-state index in [2.05, 4.69) is 69.3 Å². The van der Waals surface area contributed by atoms with E-state index in [9.17, 15) is 9.90 Å². The molecule has 0 aliphatic heterocycles. The number of fused-ring (bicyclic) bond motifs is 1. The summed E-state index contributed by atoms with van der Waals surface area (Å²) in [5, 5.41) is 11.2. The maximum atomic E-state index is 12.0. The summed E-state index contributed by atoms with van der Waals surface area (Å²) in [6, 6.07) is 19.1. The van der Waals surface area contributed by atoms with Crippen LogP contribution in [-0.2, 0) is 31.3 Å². The van der Waals surface area contributed by atoms with Crippen LogP contribution in [0.5, 0.6) is 0 Å². The van der Waals surface area contributed by atoms with Crippen molar-refractivity contribution in [1.29, 1.82) is 0 Å². The van der Waals surface area contributed by atoms with Gasteiger partial charge in [0.25, 0.3) is 0 Å². The van der Waals surface area contributed by atoms with Gasteiger partial charge in [-0.25, -0.2) is 0 Å². The molecule has 0 amide bonds. The van der Waals surface area contributed by atoms with Crippen molar-refractivity contribution >= 4 is 16.7 Å². The number of hydrogen-bond acceptors (Lipinski definition) is 3. The molecule has 0 bridgehead atoms. The molecule has 0 unspecified atom stereocenters. The minimum atomic E-state index is -0.319. The van der Waals surface area contributed by atoms with E-state index >= 15 is 0 Å². The summed E-state index contributed by atoms with van der Waals surface area (Å²) in [5.74, 6) is 1.79. The van der Waals surface area contributed by atoms with Crippen molar-refractivity contribution in [2.45, 2.75) is 119 Å². The number of aryl methyl sites for hydroxylation is 1. The topological polar surface area (TPSA) is 50.2 Å². The molecular weight excluding hydrogens is 707 g/mol. The Balaban J connectivity index is 0.000000332. The predicted octanol–water partition coefficient (Wildman–Crippen LogP) is 11.1. The Bertz CT molecular complexity index is 1340. The smallest absolute Gasteiger partial charge is 0.164 e. The molecule has 0 atom stereocenters. The van der Waals surface area contributed by atoms with Crippen LogP contribution in [-0.4, -0.2) is 15.9 Å². The summed E-state index contributed by atoms with van der Waals surface area (Å²) in [5.41, 5.74) is 7.11. The maximum Gasteiger partial charge on any atom is 0.164 e. The van der Waals surface area contributed by atoms with Crippen molar-refractivity contribution in [1.82, 2.24) is 4.98 Å². The van der Waals surface area contributed by atoms with Crippen LogP contribution in [0.2, 0.25) is 0 Å². The molecule has 1 N–H and O–H groups in total. The van der Waals surface area contributed by atoms with Crippen LogP contribution in [0.1, 0.15) is 122 Å². The van der Waals surface area contributed by atoms with E-state index in [1.54, 1.807) is 0 Å². The summed E-state index contributed by atoms with van der Waals surface area (Å²) in [4.78, 5) is 17.0. The van der Waals surface area contributed by atoms with Gasteiger partial charge in [-0.3, -0.25) is 9.78 Å². The number of nitrogens with zero attached hydrogens (tertiary/aromatic N) is 1. The number of pyridine rings is 1. The number of aromatic nitrogens is 1. The van der Waals surface area contributed by atoms with Gasteiger partial charge in [-0.1, -0.05) is 92.5 Å². The van der Waals surface area contributed by atoms with Crippen LogP contribution in [0.3, 0.4) is 0 Å². The van der Waals surface area contributed by atoms with Crippen molar-refractivity contribution in [3.8, 4) is 11.3 Å². The van der Waals surface area contributed by atoms with Crippen molar-refractivity contribution < 1.29 is 30.0 Å². The van der Waals surface area contributed by atoms with Gasteiger partial charge < -0.3 is 5.11 Å². The maximum absolute atomic E-state index is 12.0. The first-order chi connectivity index (χ1) is 20.0. The van der Waals surface area contributed by atoms with Gasteiger partial charge in [-0.2, -0.15) is 0 Å². The average molecular weight is 761 g/mol. The van der Waals surface area contributed by atoms with E-state index < -0.39 is 0 Å². The number of ketones is 1. The Labute approximate surface area is 275 Å². The van der Waals surface area contributed by atoms with Gasteiger partial charge >= 0.3 is 0 Å². The van der Waals surface area contributed by atoms with Gasteiger partial charge in [-0.05, 0) is 74.1 Å². The number of rotatable bonds is 11. The van der Waals surface area contributed by atoms with E-state index in [-0.39, 0.29) is 43.0 Å². The quantitative estimate of drug-likeness (QED) is 0.120. The Morgan fingerprint density at radius 2 is 1.67 bits per heavy atom. The third kappa shape index (κ3) is 9.85. The fraction of sp³-hybridized carbons (Fsp3) is 0.538. The fourth-order valence-electron chi connectivity index (χ4n) is 6.10. The standard InChI is InChI=1S/C25H28N.C14H26O2.Ir/c1-17(2)12-21-16-25(26-24-11-7-6-10-23(21)24)22-14-18(3)13-20(15-22)19-8-4-5-9-19;1-6-11(7-2)12(15)10-13(16)14(5,8-3)9-4;/h6-7,10-11,13,15-17,19H,4-5,8-9,12H2,1-3H3;10-11,15H,6-9H2,1-5H3;/q-1;;/b;12-10-;. The molecule has 0 spiro atoms. The summed E-state index contributed by atoms with van der Waals surface area (Å²) >= 11 is 0. The van der Waals surface area contributed by atoms with Gasteiger partial charge in [0.1, 0.15) is 0 Å². The van der Waals surface area contributed by atoms with Gasteiger partial charge in [0.05, 0.1) is 11.3 Å². The van der Waals surface area contributed by atoms with Crippen LogP contribution in [0.25, 0.3) is 22.2 Å². The minimum absolute atomic E-state index is 0. The van der Waals surface area contributed by atoms with Gasteiger partial charge in [0.15, 0.2) is 5.78 Å². The molecule has 1 fully saturated rings. The van der Waals surface area contributed by atoms with Crippen LogP contribution in [0.4, 0.5) is 0 Å². The SMILES string of the molecule is CCC(CC)/C(O)=C/C(=O)C(C)(CC)CC.Cc1[c-]c(-c2cc(CC(C)C)c3ccccc3n2)cc(C2CCCC2)c1.[Ir]. The van der Waals surface area contributed by atoms with Crippen molar-refractivity contribution in [2.24, 2.45) is 17.3 Å². The first-order valence-electron chi connectivity index (χ1n) is 16.4. The van der Waals surface area contributed by atoms with E-state index in [1.165, 1.54) is 53.8 Å². The molecule has 43 heavy (non-hydrogen) atoms. The monoisotopic (exact) mass is 761 g/mol. The van der Waals surface area contributed by atoms with Gasteiger partial charge in [-0.15, -0.1) is 34.9 Å².